The highest BCUT2D eigenvalue weighted by Gasteiger charge is 2.23. The van der Waals surface area contributed by atoms with Crippen LogP contribution in [0.5, 0.6) is 0 Å². The van der Waals surface area contributed by atoms with Gasteiger partial charge in [-0.3, -0.25) is 18.7 Å². The van der Waals surface area contributed by atoms with E-state index in [1.807, 2.05) is 30.3 Å². The molecule has 12 nitrogen and oxygen atoms in total. The molecule has 0 aliphatic heterocycles. The first-order valence-corrected chi connectivity index (χ1v) is 11.2. The molecule has 1 N–H and O–H groups in total. The number of para-hydroxylation sites is 1. The number of fused-ring (bicyclic) bond motifs is 1. The van der Waals surface area contributed by atoms with Crippen molar-refractivity contribution in [2.75, 3.05) is 24.0 Å². The van der Waals surface area contributed by atoms with Crippen molar-refractivity contribution in [1.82, 2.24) is 18.7 Å². The Bertz CT molecular complexity index is 1630. The molecule has 4 rings (SSSR count). The van der Waals surface area contributed by atoms with Crippen LogP contribution in [-0.2, 0) is 30.7 Å². The summed E-state index contributed by atoms with van der Waals surface area (Å²) >= 11 is 0. The third kappa shape index (κ3) is 4.89. The molecule has 0 saturated heterocycles. The number of rotatable bonds is 7. The SMILES string of the molecule is COC(=O)c1ccccc1NC(=O)CN(N=Cc1ccccc1)c1nc2c(c(=O)n(C)c(=O)n2C)n1C. The molecule has 0 radical (unpaired) electrons. The highest BCUT2D eigenvalue weighted by Crippen LogP contribution is 2.20. The molecule has 12 heteroatoms. The van der Waals surface area contributed by atoms with Gasteiger partial charge < -0.3 is 14.6 Å². The zero-order valence-electron chi connectivity index (χ0n) is 20.7. The number of esters is 1. The fourth-order valence-corrected chi connectivity index (χ4v) is 3.78. The summed E-state index contributed by atoms with van der Waals surface area (Å²) in [5.41, 5.74) is 0.511. The molecule has 0 saturated carbocycles. The molecule has 2 aromatic carbocycles. The molecule has 2 heterocycles. The van der Waals surface area contributed by atoms with Crippen molar-refractivity contribution in [2.45, 2.75) is 0 Å². The summed E-state index contributed by atoms with van der Waals surface area (Å²) in [5.74, 6) is -0.936. The molecule has 1 amide bonds. The Morgan fingerprint density at radius 1 is 1.00 bits per heavy atom. The van der Waals surface area contributed by atoms with E-state index >= 15 is 0 Å². The van der Waals surface area contributed by atoms with E-state index in [2.05, 4.69) is 15.4 Å². The van der Waals surface area contributed by atoms with E-state index in [4.69, 9.17) is 4.74 Å². The zero-order valence-corrected chi connectivity index (χ0v) is 20.7. The van der Waals surface area contributed by atoms with Gasteiger partial charge in [-0.25, -0.2) is 14.6 Å². The highest BCUT2D eigenvalue weighted by atomic mass is 16.5. The number of anilines is 2. The van der Waals surface area contributed by atoms with Crippen LogP contribution in [0.25, 0.3) is 11.2 Å². The smallest absolute Gasteiger partial charge is 0.339 e. The molecule has 0 atom stereocenters. The van der Waals surface area contributed by atoms with Crippen molar-refractivity contribution in [3.05, 3.63) is 86.6 Å². The third-order valence-electron chi connectivity index (χ3n) is 5.73. The quantitative estimate of drug-likeness (QED) is 0.228. The second kappa shape index (κ2) is 10.3. The molecular formula is C25H25N7O5. The normalized spacial score (nSPS) is 11.1. The van der Waals surface area contributed by atoms with Crippen LogP contribution >= 0.6 is 0 Å². The van der Waals surface area contributed by atoms with Crippen LogP contribution in [0, 0.1) is 0 Å². The number of methoxy groups -OCH3 is 1. The van der Waals surface area contributed by atoms with Gasteiger partial charge >= 0.3 is 11.7 Å². The summed E-state index contributed by atoms with van der Waals surface area (Å²) in [5, 5.41) is 8.47. The maximum atomic E-state index is 13.1. The molecule has 2 aromatic heterocycles. The maximum Gasteiger partial charge on any atom is 0.339 e. The van der Waals surface area contributed by atoms with Gasteiger partial charge in [-0.2, -0.15) is 10.1 Å². The standard InChI is InChI=1S/C25H25N7O5/c1-29-20-21(30(2)25(36)31(3)22(20)34)28-24(29)32(26-14-16-10-6-5-7-11-16)15-19(33)27-18-13-9-8-12-17(18)23(35)37-4/h5-14H,15H2,1-4H3,(H,27,33). The molecule has 4 aromatic rings. The van der Waals surface area contributed by atoms with Gasteiger partial charge in [0.2, 0.25) is 11.9 Å². The number of aryl methyl sites for hydroxylation is 2. The van der Waals surface area contributed by atoms with Gasteiger partial charge in [-0.05, 0) is 17.7 Å². The summed E-state index contributed by atoms with van der Waals surface area (Å²) in [7, 11) is 5.75. The van der Waals surface area contributed by atoms with Crippen molar-refractivity contribution >= 4 is 40.9 Å². The Morgan fingerprint density at radius 2 is 1.68 bits per heavy atom. The van der Waals surface area contributed by atoms with E-state index in [9.17, 15) is 19.2 Å². The van der Waals surface area contributed by atoms with Gasteiger partial charge in [0.05, 0.1) is 24.6 Å². The Balaban J connectivity index is 1.76. The number of imidazole rings is 1. The van der Waals surface area contributed by atoms with Crippen LogP contribution in [0.1, 0.15) is 15.9 Å². The highest BCUT2D eigenvalue weighted by molar-refractivity contribution is 6.02. The Hall–Kier alpha value is -5.00. The minimum Gasteiger partial charge on any atom is -0.465 e. The predicted octanol–water partition coefficient (Wildman–Crippen LogP) is 1.24. The van der Waals surface area contributed by atoms with Crippen molar-refractivity contribution in [1.29, 1.82) is 0 Å². The van der Waals surface area contributed by atoms with E-state index in [0.717, 1.165) is 10.1 Å². The molecule has 0 unspecified atom stereocenters. The number of amides is 1. The lowest BCUT2D eigenvalue weighted by molar-refractivity contribution is -0.115. The number of aromatic nitrogens is 4. The number of hydrogen-bond donors (Lipinski definition) is 1. The molecule has 0 bridgehead atoms. The van der Waals surface area contributed by atoms with Crippen LogP contribution in [-0.4, -0.2) is 50.4 Å². The summed E-state index contributed by atoms with van der Waals surface area (Å²) < 4.78 is 8.52. The first-order valence-electron chi connectivity index (χ1n) is 11.2. The first-order chi connectivity index (χ1) is 17.7. The fraction of sp³-hybridized carbons (Fsp3) is 0.200. The lowest BCUT2D eigenvalue weighted by Gasteiger charge is -2.18. The topological polar surface area (TPSA) is 133 Å². The lowest BCUT2D eigenvalue weighted by Crippen LogP contribution is -2.37. The number of nitrogens with zero attached hydrogens (tertiary/aromatic N) is 6. The summed E-state index contributed by atoms with van der Waals surface area (Å²) in [4.78, 5) is 54.9. The van der Waals surface area contributed by atoms with Gasteiger partial charge in [0, 0.05) is 21.1 Å². The van der Waals surface area contributed by atoms with Crippen LogP contribution in [0.15, 0.2) is 69.3 Å². The summed E-state index contributed by atoms with van der Waals surface area (Å²) in [6.07, 6.45) is 1.55. The van der Waals surface area contributed by atoms with Gasteiger partial charge in [0.25, 0.3) is 5.56 Å². The number of hydrogen-bond acceptors (Lipinski definition) is 8. The van der Waals surface area contributed by atoms with E-state index in [0.29, 0.717) is 0 Å². The number of nitrogens with one attached hydrogen (secondary N) is 1. The van der Waals surface area contributed by atoms with E-state index in [1.54, 1.807) is 31.5 Å². The van der Waals surface area contributed by atoms with Gasteiger partial charge in [0.15, 0.2) is 11.2 Å². The van der Waals surface area contributed by atoms with E-state index < -0.39 is 23.1 Å². The first kappa shape index (κ1) is 25.1. The zero-order chi connectivity index (χ0) is 26.7. The third-order valence-corrected chi connectivity index (χ3v) is 5.73. The predicted molar refractivity (Wildman–Crippen MR) is 139 cm³/mol. The molecule has 37 heavy (non-hydrogen) atoms. The van der Waals surface area contributed by atoms with Crippen LogP contribution in [0.2, 0.25) is 0 Å². The molecule has 190 valence electrons. The number of carbonyl (C=O) groups is 2. The summed E-state index contributed by atoms with van der Waals surface area (Å²) in [6, 6.07) is 15.7. The van der Waals surface area contributed by atoms with Crippen LogP contribution in [0.3, 0.4) is 0 Å². The van der Waals surface area contributed by atoms with Gasteiger partial charge in [-0.15, -0.1) is 0 Å². The Labute approximate surface area is 211 Å². The van der Waals surface area contributed by atoms with Crippen LogP contribution < -0.4 is 21.6 Å². The van der Waals surface area contributed by atoms with E-state index in [1.165, 1.54) is 41.4 Å². The van der Waals surface area contributed by atoms with Crippen LogP contribution in [0.4, 0.5) is 11.6 Å². The van der Waals surface area contributed by atoms with Gasteiger partial charge in [-0.1, -0.05) is 42.5 Å². The maximum absolute atomic E-state index is 13.1. The summed E-state index contributed by atoms with van der Waals surface area (Å²) in [6.45, 7) is -0.315. The average Bonchev–Trinajstić information content (AvgIpc) is 3.26. The second-order valence-electron chi connectivity index (χ2n) is 8.15. The Morgan fingerprint density at radius 3 is 2.38 bits per heavy atom. The molecular weight excluding hydrogens is 478 g/mol. The van der Waals surface area contributed by atoms with Crippen molar-refractivity contribution in [3.63, 3.8) is 0 Å². The molecule has 0 spiro atoms. The second-order valence-corrected chi connectivity index (χ2v) is 8.15. The van der Waals surface area contributed by atoms with Crippen molar-refractivity contribution in [2.24, 2.45) is 26.2 Å². The number of benzene rings is 2. The van der Waals surface area contributed by atoms with Gasteiger partial charge in [0.1, 0.15) is 6.54 Å². The van der Waals surface area contributed by atoms with Crippen molar-refractivity contribution in [3.8, 4) is 0 Å². The van der Waals surface area contributed by atoms with E-state index in [-0.39, 0.29) is 34.9 Å². The Kier molecular flexibility index (Phi) is 7.00. The van der Waals surface area contributed by atoms with Crippen molar-refractivity contribution < 1.29 is 14.3 Å². The fourth-order valence-electron chi connectivity index (χ4n) is 3.78. The number of ether oxygens (including phenoxy) is 1. The molecule has 0 aliphatic carbocycles. The lowest BCUT2D eigenvalue weighted by atomic mass is 10.2. The molecule has 0 fully saturated rings. The number of hydrazone groups is 1. The monoisotopic (exact) mass is 503 g/mol. The average molecular weight is 504 g/mol. The minimum atomic E-state index is -0.595. The molecule has 0 aliphatic rings. The number of carbonyl (C=O) groups excluding carboxylic acids is 2. The minimum absolute atomic E-state index is 0.155. The largest absolute Gasteiger partial charge is 0.465 e.